The molecule has 0 unspecified atom stereocenters. The number of anilines is 2. The Balaban J connectivity index is 1.79. The van der Waals surface area contributed by atoms with Crippen molar-refractivity contribution >= 4 is 50.8 Å². The van der Waals surface area contributed by atoms with Crippen LogP contribution in [0.25, 0.3) is 0 Å². The first-order chi connectivity index (χ1) is 18.7. The van der Waals surface area contributed by atoms with Crippen molar-refractivity contribution in [2.75, 3.05) is 24.2 Å². The van der Waals surface area contributed by atoms with E-state index in [1.807, 2.05) is 0 Å². The zero-order valence-corrected chi connectivity index (χ0v) is 22.6. The van der Waals surface area contributed by atoms with Crippen LogP contribution in [0.4, 0.5) is 24.5 Å². The fourth-order valence-electron chi connectivity index (χ4n) is 3.43. The lowest BCUT2D eigenvalue weighted by Gasteiger charge is -2.21. The van der Waals surface area contributed by atoms with E-state index in [0.29, 0.717) is 16.1 Å². The van der Waals surface area contributed by atoms with Gasteiger partial charge in [0.05, 0.1) is 21.2 Å². The largest absolute Gasteiger partial charge is 0.446 e. The normalized spacial score (nSPS) is 12.5. The van der Waals surface area contributed by atoms with Crippen LogP contribution in [0.1, 0.15) is 24.2 Å². The van der Waals surface area contributed by atoms with Crippen molar-refractivity contribution in [3.63, 3.8) is 0 Å². The first-order valence-electron chi connectivity index (χ1n) is 11.4. The highest BCUT2D eigenvalue weighted by Crippen LogP contribution is 2.34. The number of nitrogens with one attached hydrogen (secondary N) is 2. The van der Waals surface area contributed by atoms with Crippen molar-refractivity contribution < 1.29 is 40.7 Å². The van der Waals surface area contributed by atoms with Gasteiger partial charge in [-0.1, -0.05) is 41.9 Å². The molecule has 14 heteroatoms. The lowest BCUT2D eigenvalue weighted by molar-refractivity contribution is -0.154. The zero-order valence-electron chi connectivity index (χ0n) is 21.0. The topological polar surface area (TPSA) is 122 Å². The van der Waals surface area contributed by atoms with E-state index in [4.69, 9.17) is 16.3 Å². The fourth-order valence-corrected chi connectivity index (χ4v) is 4.71. The molecule has 0 aliphatic carbocycles. The molecule has 0 aliphatic heterocycles. The summed E-state index contributed by atoms with van der Waals surface area (Å²) in [4.78, 5) is 36.8. The molecule has 212 valence electrons. The Morgan fingerprint density at radius 2 is 1.60 bits per heavy atom. The highest BCUT2D eigenvalue weighted by molar-refractivity contribution is 7.89. The van der Waals surface area contributed by atoms with E-state index in [0.717, 1.165) is 19.2 Å². The summed E-state index contributed by atoms with van der Waals surface area (Å²) in [7, 11) is -3.05. The van der Waals surface area contributed by atoms with Gasteiger partial charge in [0.1, 0.15) is 6.54 Å². The van der Waals surface area contributed by atoms with Gasteiger partial charge < -0.3 is 15.4 Å². The second-order valence-electron chi connectivity index (χ2n) is 8.43. The van der Waals surface area contributed by atoms with Gasteiger partial charge in [-0.2, -0.15) is 17.5 Å². The number of ether oxygens (including phenoxy) is 1. The third-order valence-electron chi connectivity index (χ3n) is 5.38. The van der Waals surface area contributed by atoms with Crippen LogP contribution in [0.2, 0.25) is 5.02 Å². The Kier molecular flexibility index (Phi) is 9.56. The van der Waals surface area contributed by atoms with Gasteiger partial charge >= 0.3 is 12.1 Å². The van der Waals surface area contributed by atoms with Crippen LogP contribution in [-0.4, -0.2) is 44.1 Å². The molecule has 40 heavy (non-hydrogen) atoms. The number of carbonyl (C=O) groups is 3. The average molecular weight is 598 g/mol. The van der Waals surface area contributed by atoms with Gasteiger partial charge in [0.2, 0.25) is 22.0 Å². The number of sulfonamides is 1. The van der Waals surface area contributed by atoms with E-state index in [2.05, 4.69) is 10.6 Å². The molecule has 0 saturated heterocycles. The summed E-state index contributed by atoms with van der Waals surface area (Å²) in [5.74, 6) is -2.47. The van der Waals surface area contributed by atoms with E-state index in [1.54, 1.807) is 18.2 Å². The second-order valence-corrected chi connectivity index (χ2v) is 10.9. The molecule has 0 radical (unpaired) electrons. The molecule has 3 aromatic carbocycles. The van der Waals surface area contributed by atoms with Gasteiger partial charge in [0.15, 0.2) is 0 Å². The van der Waals surface area contributed by atoms with Crippen molar-refractivity contribution in [3.8, 4) is 0 Å². The third kappa shape index (κ3) is 7.81. The molecule has 2 N–H and O–H groups in total. The van der Waals surface area contributed by atoms with E-state index in [9.17, 15) is 36.0 Å². The Bertz CT molecular complexity index is 1500. The maximum absolute atomic E-state index is 13.1. The van der Waals surface area contributed by atoms with Gasteiger partial charge in [-0.05, 0) is 42.5 Å². The van der Waals surface area contributed by atoms with Gasteiger partial charge in [-0.3, -0.25) is 14.4 Å². The van der Waals surface area contributed by atoms with Crippen LogP contribution < -0.4 is 10.6 Å². The Hall–Kier alpha value is -3.94. The number of nitrogens with zero attached hydrogens (tertiary/aromatic N) is 1. The molecule has 9 nitrogen and oxygen atoms in total. The van der Waals surface area contributed by atoms with Crippen LogP contribution >= 0.6 is 11.6 Å². The molecule has 3 aromatic rings. The molecule has 0 bridgehead atoms. The van der Waals surface area contributed by atoms with E-state index in [-0.39, 0.29) is 27.1 Å². The predicted molar refractivity (Wildman–Crippen MR) is 141 cm³/mol. The molecule has 0 heterocycles. The van der Waals surface area contributed by atoms with E-state index >= 15 is 0 Å². The molecule has 2 amide bonds. The monoisotopic (exact) mass is 597 g/mol. The summed E-state index contributed by atoms with van der Waals surface area (Å²) < 4.78 is 71.3. The summed E-state index contributed by atoms with van der Waals surface area (Å²) in [5.41, 5.74) is -0.875. The molecular formula is C26H23ClF3N3O6S. The quantitative estimate of drug-likeness (QED) is 0.340. The van der Waals surface area contributed by atoms with Crippen molar-refractivity contribution in [2.24, 2.45) is 0 Å². The first-order valence-corrected chi connectivity index (χ1v) is 13.3. The average Bonchev–Trinajstić information content (AvgIpc) is 2.88. The number of rotatable bonds is 9. The number of halogens is 4. The van der Waals surface area contributed by atoms with Crippen molar-refractivity contribution in [1.29, 1.82) is 0 Å². The number of amides is 2. The molecule has 0 saturated carbocycles. The Morgan fingerprint density at radius 1 is 0.975 bits per heavy atom. The number of hydrogen-bond donors (Lipinski definition) is 2. The maximum Gasteiger partial charge on any atom is 0.416 e. The summed E-state index contributed by atoms with van der Waals surface area (Å²) in [6.07, 6.45) is -6.34. The molecule has 0 spiro atoms. The minimum atomic E-state index is -4.70. The van der Waals surface area contributed by atoms with Gasteiger partial charge in [-0.25, -0.2) is 8.42 Å². The fraction of sp³-hybridized carbons (Fsp3) is 0.192. The number of alkyl halides is 3. The van der Waals surface area contributed by atoms with Crippen LogP contribution in [0.3, 0.4) is 0 Å². The lowest BCUT2D eigenvalue weighted by Crippen LogP contribution is -2.35. The first kappa shape index (κ1) is 30.6. The van der Waals surface area contributed by atoms with E-state index < -0.39 is 46.3 Å². The summed E-state index contributed by atoms with van der Waals surface area (Å²) in [6.45, 7) is 0.498. The van der Waals surface area contributed by atoms with Gasteiger partial charge in [0, 0.05) is 25.2 Å². The molecule has 3 rings (SSSR count). The minimum absolute atomic E-state index is 0.173. The Labute approximate surface area is 232 Å². The molecular weight excluding hydrogens is 575 g/mol. The minimum Gasteiger partial charge on any atom is -0.446 e. The van der Waals surface area contributed by atoms with Crippen LogP contribution in [0, 0.1) is 0 Å². The van der Waals surface area contributed by atoms with Crippen molar-refractivity contribution in [2.45, 2.75) is 24.1 Å². The SMILES string of the molecule is CC(=O)Nc1ccc(S(=O)(=O)N(C)CC(=O)O[C@H](C(=O)Nc2cc(C(F)(F)F)ccc2Cl)c2ccccc2)cc1. The van der Waals surface area contributed by atoms with E-state index in [1.165, 1.54) is 43.3 Å². The predicted octanol–water partition coefficient (Wildman–Crippen LogP) is 4.86. The number of hydrogen-bond acceptors (Lipinski definition) is 6. The van der Waals surface area contributed by atoms with Crippen LogP contribution in [0.15, 0.2) is 77.7 Å². The number of likely N-dealkylation sites (N-methyl/N-ethyl adjacent to an activating group) is 1. The molecule has 0 aliphatic rings. The third-order valence-corrected chi connectivity index (χ3v) is 7.52. The summed E-state index contributed by atoms with van der Waals surface area (Å²) in [6, 6.07) is 15.2. The highest BCUT2D eigenvalue weighted by atomic mass is 35.5. The summed E-state index contributed by atoms with van der Waals surface area (Å²) in [5, 5.41) is 4.56. The molecule has 0 fully saturated rings. The zero-order chi connectivity index (χ0) is 29.7. The number of carbonyl (C=O) groups excluding carboxylic acids is 3. The maximum atomic E-state index is 13.1. The molecule has 1 atom stereocenters. The number of benzene rings is 3. The molecule has 0 aromatic heterocycles. The number of esters is 1. The van der Waals surface area contributed by atoms with Crippen molar-refractivity contribution in [3.05, 3.63) is 88.9 Å². The Morgan fingerprint density at radius 3 is 2.17 bits per heavy atom. The van der Waals surface area contributed by atoms with Crippen molar-refractivity contribution in [1.82, 2.24) is 4.31 Å². The lowest BCUT2D eigenvalue weighted by atomic mass is 10.1. The highest BCUT2D eigenvalue weighted by Gasteiger charge is 2.32. The second kappa shape index (κ2) is 12.5. The van der Waals surface area contributed by atoms with Crippen LogP contribution in [-0.2, 0) is 35.3 Å². The summed E-state index contributed by atoms with van der Waals surface area (Å²) >= 11 is 5.97. The van der Waals surface area contributed by atoms with Gasteiger partial charge in [-0.15, -0.1) is 0 Å². The van der Waals surface area contributed by atoms with Crippen LogP contribution in [0.5, 0.6) is 0 Å². The smallest absolute Gasteiger partial charge is 0.416 e. The van der Waals surface area contributed by atoms with Gasteiger partial charge in [0.25, 0.3) is 5.91 Å². The standard InChI is InChI=1S/C26H23ClF3N3O6S/c1-16(34)31-19-9-11-20(12-10-19)40(37,38)33(2)15-23(35)39-24(17-6-4-3-5-7-17)25(36)32-22-14-18(26(28,29)30)8-13-21(22)27/h3-14,24H,15H2,1-2H3,(H,31,34)(H,32,36)/t24-/m0/s1.